The largest absolute Gasteiger partial charge is 0.389 e. The summed E-state index contributed by atoms with van der Waals surface area (Å²) in [5, 5.41) is 13.0. The second kappa shape index (κ2) is 6.69. The van der Waals surface area contributed by atoms with Gasteiger partial charge in [0.1, 0.15) is 0 Å². The molecule has 0 aromatic heterocycles. The van der Waals surface area contributed by atoms with Gasteiger partial charge >= 0.3 is 6.03 Å². The van der Waals surface area contributed by atoms with Gasteiger partial charge in [-0.15, -0.1) is 0 Å². The van der Waals surface area contributed by atoms with Crippen molar-refractivity contribution in [3.05, 3.63) is 35.4 Å². The number of hydrogen-bond donors (Lipinski definition) is 2. The summed E-state index contributed by atoms with van der Waals surface area (Å²) in [5.74, 6) is 0. The molecule has 4 heteroatoms. The molecule has 1 atom stereocenters. The van der Waals surface area contributed by atoms with Crippen LogP contribution in [0.25, 0.3) is 0 Å². The Morgan fingerprint density at radius 3 is 2.23 bits per heavy atom. The van der Waals surface area contributed by atoms with E-state index >= 15 is 0 Å². The zero-order valence-corrected chi connectivity index (χ0v) is 14.9. The van der Waals surface area contributed by atoms with Gasteiger partial charge in [0.15, 0.2) is 0 Å². The van der Waals surface area contributed by atoms with Crippen LogP contribution in [-0.4, -0.2) is 35.2 Å². The maximum Gasteiger partial charge on any atom is 0.317 e. The Bertz CT molecular complexity index is 513. The first-order valence-electron chi connectivity index (χ1n) is 7.71. The van der Waals surface area contributed by atoms with E-state index in [9.17, 15) is 9.90 Å². The average Bonchev–Trinajstić information content (AvgIpc) is 2.33. The summed E-state index contributed by atoms with van der Waals surface area (Å²) >= 11 is 0. The third-order valence-electron chi connectivity index (χ3n) is 3.60. The lowest BCUT2D eigenvalue weighted by molar-refractivity contribution is 0.0520. The number of benzene rings is 1. The van der Waals surface area contributed by atoms with Crippen LogP contribution in [0, 0.1) is 12.3 Å². The molecule has 0 radical (unpaired) electrons. The van der Waals surface area contributed by atoms with Crippen LogP contribution in [0.3, 0.4) is 0 Å². The standard InChI is InChI=1S/C18H30N2O2/c1-13-10-8-9-11-14(13)15(17(2,3)4)19-16(21)20(7)12-18(5,6)22/h8-11,15,22H,12H2,1-7H3,(H,19,21). The zero-order chi connectivity index (χ0) is 17.1. The smallest absolute Gasteiger partial charge is 0.317 e. The Balaban J connectivity index is 2.97. The number of amides is 2. The van der Waals surface area contributed by atoms with Crippen LogP contribution in [0.4, 0.5) is 4.79 Å². The number of hydrogen-bond acceptors (Lipinski definition) is 2. The second-order valence-electron chi connectivity index (χ2n) is 7.77. The van der Waals surface area contributed by atoms with Crippen LogP contribution in [0.1, 0.15) is 51.8 Å². The molecule has 2 amide bonds. The molecule has 1 aromatic carbocycles. The maximum atomic E-state index is 12.5. The number of carbonyl (C=O) groups excluding carboxylic acids is 1. The molecule has 1 rings (SSSR count). The first-order valence-corrected chi connectivity index (χ1v) is 7.71. The summed E-state index contributed by atoms with van der Waals surface area (Å²) in [6.07, 6.45) is 0. The van der Waals surface area contributed by atoms with E-state index < -0.39 is 5.60 Å². The highest BCUT2D eigenvalue weighted by Gasteiger charge is 2.30. The summed E-state index contributed by atoms with van der Waals surface area (Å²) in [4.78, 5) is 14.0. The van der Waals surface area contributed by atoms with Crippen molar-refractivity contribution < 1.29 is 9.90 Å². The molecule has 0 aliphatic rings. The zero-order valence-electron chi connectivity index (χ0n) is 14.9. The van der Waals surface area contributed by atoms with E-state index in [1.54, 1.807) is 20.9 Å². The molecule has 4 nitrogen and oxygen atoms in total. The van der Waals surface area contributed by atoms with Crippen LogP contribution in [0.15, 0.2) is 24.3 Å². The SMILES string of the molecule is Cc1ccccc1C(NC(=O)N(C)CC(C)(C)O)C(C)(C)C. The topological polar surface area (TPSA) is 52.6 Å². The van der Waals surface area contributed by atoms with Gasteiger partial charge in [-0.3, -0.25) is 0 Å². The van der Waals surface area contributed by atoms with E-state index in [1.165, 1.54) is 4.90 Å². The van der Waals surface area contributed by atoms with Crippen LogP contribution in [-0.2, 0) is 0 Å². The summed E-state index contributed by atoms with van der Waals surface area (Å²) < 4.78 is 0. The molecule has 0 bridgehead atoms. The molecule has 2 N–H and O–H groups in total. The van der Waals surface area contributed by atoms with Gasteiger partial charge in [-0.2, -0.15) is 0 Å². The predicted molar refractivity (Wildman–Crippen MR) is 90.8 cm³/mol. The van der Waals surface area contributed by atoms with Crippen LogP contribution < -0.4 is 5.32 Å². The Morgan fingerprint density at radius 2 is 1.77 bits per heavy atom. The molecule has 1 unspecified atom stereocenters. The lowest BCUT2D eigenvalue weighted by Crippen LogP contribution is -2.47. The Labute approximate surface area is 134 Å². The van der Waals surface area contributed by atoms with E-state index in [-0.39, 0.29) is 24.0 Å². The Morgan fingerprint density at radius 1 is 1.23 bits per heavy atom. The third kappa shape index (κ3) is 5.34. The minimum Gasteiger partial charge on any atom is -0.389 e. The second-order valence-corrected chi connectivity index (χ2v) is 7.77. The van der Waals surface area contributed by atoms with E-state index in [2.05, 4.69) is 45.1 Å². The minimum absolute atomic E-state index is 0.0922. The molecule has 124 valence electrons. The van der Waals surface area contributed by atoms with Crippen LogP contribution in [0.2, 0.25) is 0 Å². The predicted octanol–water partition coefficient (Wildman–Crippen LogP) is 3.49. The molecular formula is C18H30N2O2. The van der Waals surface area contributed by atoms with Gasteiger partial charge in [-0.25, -0.2) is 4.79 Å². The molecular weight excluding hydrogens is 276 g/mol. The fraction of sp³-hybridized carbons (Fsp3) is 0.611. The summed E-state index contributed by atoms with van der Waals surface area (Å²) in [6, 6.07) is 7.84. The number of urea groups is 1. The minimum atomic E-state index is -0.911. The molecule has 0 aliphatic heterocycles. The third-order valence-corrected chi connectivity index (χ3v) is 3.60. The number of rotatable bonds is 4. The van der Waals surface area contributed by atoms with Crippen molar-refractivity contribution in [3.63, 3.8) is 0 Å². The van der Waals surface area contributed by atoms with Crippen LogP contribution in [0.5, 0.6) is 0 Å². The summed E-state index contributed by atoms with van der Waals surface area (Å²) in [5.41, 5.74) is 1.26. The number of aryl methyl sites for hydroxylation is 1. The molecule has 0 saturated heterocycles. The van der Waals surface area contributed by atoms with Gasteiger partial charge in [0.2, 0.25) is 0 Å². The van der Waals surface area contributed by atoms with Gasteiger partial charge < -0.3 is 15.3 Å². The highest BCUT2D eigenvalue weighted by atomic mass is 16.3. The lowest BCUT2D eigenvalue weighted by atomic mass is 9.81. The molecule has 0 fully saturated rings. The van der Waals surface area contributed by atoms with Gasteiger partial charge in [-0.05, 0) is 37.3 Å². The lowest BCUT2D eigenvalue weighted by Gasteiger charge is -2.35. The van der Waals surface area contributed by atoms with Crippen molar-refractivity contribution in [2.24, 2.45) is 5.41 Å². The summed E-state index contributed by atoms with van der Waals surface area (Å²) in [6.45, 7) is 12.1. The highest BCUT2D eigenvalue weighted by molar-refractivity contribution is 5.74. The first-order chi connectivity index (χ1) is 9.92. The van der Waals surface area contributed by atoms with E-state index in [4.69, 9.17) is 0 Å². The van der Waals surface area contributed by atoms with Crippen molar-refractivity contribution in [3.8, 4) is 0 Å². The highest BCUT2D eigenvalue weighted by Crippen LogP contribution is 2.34. The van der Waals surface area contributed by atoms with Crippen molar-refractivity contribution >= 4 is 6.03 Å². The normalized spacial score (nSPS) is 13.6. The van der Waals surface area contributed by atoms with E-state index in [1.807, 2.05) is 12.1 Å². The fourth-order valence-corrected chi connectivity index (χ4v) is 2.56. The summed E-state index contributed by atoms with van der Waals surface area (Å²) in [7, 11) is 1.70. The average molecular weight is 306 g/mol. The fourth-order valence-electron chi connectivity index (χ4n) is 2.56. The van der Waals surface area contributed by atoms with Gasteiger partial charge in [0.05, 0.1) is 18.2 Å². The first kappa shape index (κ1) is 18.5. The number of nitrogens with zero attached hydrogens (tertiary/aromatic N) is 1. The maximum absolute atomic E-state index is 12.5. The Kier molecular flexibility index (Phi) is 5.63. The van der Waals surface area contributed by atoms with Crippen molar-refractivity contribution in [2.75, 3.05) is 13.6 Å². The van der Waals surface area contributed by atoms with Gasteiger partial charge in [0.25, 0.3) is 0 Å². The number of likely N-dealkylation sites (N-methyl/N-ethyl adjacent to an activating group) is 1. The van der Waals surface area contributed by atoms with Crippen molar-refractivity contribution in [2.45, 2.75) is 53.2 Å². The molecule has 0 saturated carbocycles. The van der Waals surface area contributed by atoms with Crippen molar-refractivity contribution in [1.29, 1.82) is 0 Å². The molecule has 22 heavy (non-hydrogen) atoms. The number of aliphatic hydroxyl groups is 1. The van der Waals surface area contributed by atoms with Gasteiger partial charge in [0, 0.05) is 7.05 Å². The Hall–Kier alpha value is -1.55. The molecule has 1 aromatic rings. The molecule has 0 aliphatic carbocycles. The van der Waals surface area contributed by atoms with Gasteiger partial charge in [-0.1, -0.05) is 45.0 Å². The van der Waals surface area contributed by atoms with Crippen LogP contribution >= 0.6 is 0 Å². The number of nitrogens with one attached hydrogen (secondary N) is 1. The molecule has 0 heterocycles. The number of carbonyl (C=O) groups is 1. The van der Waals surface area contributed by atoms with E-state index in [0.717, 1.165) is 11.1 Å². The van der Waals surface area contributed by atoms with Crippen molar-refractivity contribution in [1.82, 2.24) is 10.2 Å². The van der Waals surface area contributed by atoms with E-state index in [0.29, 0.717) is 0 Å². The quantitative estimate of drug-likeness (QED) is 0.894. The monoisotopic (exact) mass is 306 g/mol. The molecule has 0 spiro atoms.